The van der Waals surface area contributed by atoms with E-state index in [-0.39, 0.29) is 11.7 Å². The Morgan fingerprint density at radius 1 is 1.07 bits per heavy atom. The minimum Gasteiger partial charge on any atom is -0.496 e. The number of rotatable bonds is 7. The smallest absolute Gasteiger partial charge is 0.253 e. The number of ether oxygens (including phenoxy) is 2. The first-order chi connectivity index (χ1) is 13.6. The second-order valence-corrected chi connectivity index (χ2v) is 6.83. The van der Waals surface area contributed by atoms with Gasteiger partial charge in [0.05, 0.1) is 13.7 Å². The maximum absolute atomic E-state index is 13.1. The van der Waals surface area contributed by atoms with Crippen LogP contribution in [0.1, 0.15) is 29.3 Å². The van der Waals surface area contributed by atoms with Gasteiger partial charge in [-0.15, -0.1) is 0 Å². The second-order valence-electron chi connectivity index (χ2n) is 6.83. The molecule has 1 saturated heterocycles. The van der Waals surface area contributed by atoms with Gasteiger partial charge in [0.15, 0.2) is 0 Å². The second kappa shape index (κ2) is 9.55. The van der Waals surface area contributed by atoms with Crippen LogP contribution in [0.25, 0.3) is 0 Å². The van der Waals surface area contributed by atoms with Crippen LogP contribution in [0.3, 0.4) is 0 Å². The predicted octanol–water partition coefficient (Wildman–Crippen LogP) is 3.72. The van der Waals surface area contributed by atoms with E-state index in [0.29, 0.717) is 31.9 Å². The van der Waals surface area contributed by atoms with Gasteiger partial charge in [-0.2, -0.15) is 0 Å². The highest BCUT2D eigenvalue weighted by Crippen LogP contribution is 2.23. The molecule has 0 atom stereocenters. The van der Waals surface area contributed by atoms with Crippen LogP contribution in [-0.4, -0.2) is 50.7 Å². The number of carbonyl (C=O) groups is 1. The molecule has 0 N–H and O–H groups in total. The average Bonchev–Trinajstić information content (AvgIpc) is 2.74. The predicted molar refractivity (Wildman–Crippen MR) is 107 cm³/mol. The van der Waals surface area contributed by atoms with Crippen molar-refractivity contribution in [2.75, 3.05) is 44.8 Å². The number of anilines is 1. The lowest BCUT2D eigenvalue weighted by molar-refractivity contribution is 0.0746. The Kier molecular flexibility index (Phi) is 6.87. The Morgan fingerprint density at radius 3 is 2.43 bits per heavy atom. The van der Waals surface area contributed by atoms with Crippen molar-refractivity contribution in [1.29, 1.82) is 0 Å². The van der Waals surface area contributed by atoms with E-state index in [1.54, 1.807) is 25.3 Å². The number of methoxy groups -OCH3 is 1. The Bertz CT molecular complexity index is 787. The molecule has 0 bridgehead atoms. The van der Waals surface area contributed by atoms with Crippen LogP contribution < -0.4 is 9.64 Å². The number of piperazine rings is 1. The number of benzene rings is 2. The van der Waals surface area contributed by atoms with Crippen molar-refractivity contribution in [2.24, 2.45) is 0 Å². The lowest BCUT2D eigenvalue weighted by Crippen LogP contribution is -2.48. The van der Waals surface area contributed by atoms with Crippen LogP contribution in [-0.2, 0) is 11.3 Å². The lowest BCUT2D eigenvalue weighted by Gasteiger charge is -2.36. The fraction of sp³-hybridized carbons (Fsp3) is 0.409. The van der Waals surface area contributed by atoms with Gasteiger partial charge in [-0.05, 0) is 48.9 Å². The summed E-state index contributed by atoms with van der Waals surface area (Å²) >= 11 is 0. The van der Waals surface area contributed by atoms with Gasteiger partial charge in [0, 0.05) is 49.6 Å². The summed E-state index contributed by atoms with van der Waals surface area (Å²) in [5, 5.41) is 0. The molecule has 1 heterocycles. The molecule has 1 aliphatic rings. The van der Waals surface area contributed by atoms with Gasteiger partial charge < -0.3 is 19.3 Å². The van der Waals surface area contributed by atoms with E-state index >= 15 is 0 Å². The van der Waals surface area contributed by atoms with E-state index in [9.17, 15) is 9.18 Å². The van der Waals surface area contributed by atoms with E-state index in [2.05, 4.69) is 11.8 Å². The molecule has 0 spiro atoms. The number of hydrogen-bond donors (Lipinski definition) is 0. The topological polar surface area (TPSA) is 42.0 Å². The summed E-state index contributed by atoms with van der Waals surface area (Å²) in [4.78, 5) is 17.0. The van der Waals surface area contributed by atoms with Gasteiger partial charge in [0.2, 0.25) is 0 Å². The molecular formula is C22H27FN2O3. The van der Waals surface area contributed by atoms with Crippen LogP contribution in [0.5, 0.6) is 5.75 Å². The molecule has 1 fully saturated rings. The monoisotopic (exact) mass is 386 g/mol. The van der Waals surface area contributed by atoms with Gasteiger partial charge in [-0.3, -0.25) is 4.79 Å². The molecule has 1 amide bonds. The van der Waals surface area contributed by atoms with Gasteiger partial charge in [-0.1, -0.05) is 6.92 Å². The third-order valence-electron chi connectivity index (χ3n) is 4.89. The van der Waals surface area contributed by atoms with Crippen molar-refractivity contribution in [1.82, 2.24) is 4.90 Å². The third-order valence-corrected chi connectivity index (χ3v) is 4.89. The molecule has 2 aromatic carbocycles. The Morgan fingerprint density at radius 2 is 1.79 bits per heavy atom. The minimum absolute atomic E-state index is 0.0122. The standard InChI is InChI=1S/C22H27FN2O3/c1-3-14-28-16-18-15-17(4-9-21(18)27-2)22(26)25-12-10-24(11-13-25)20-7-5-19(23)6-8-20/h4-9,15H,3,10-14,16H2,1-2H3. The molecular weight excluding hydrogens is 359 g/mol. The van der Waals surface area contributed by atoms with Crippen LogP contribution in [0.4, 0.5) is 10.1 Å². The van der Waals surface area contributed by atoms with Crippen LogP contribution in [0.15, 0.2) is 42.5 Å². The van der Waals surface area contributed by atoms with Gasteiger partial charge >= 0.3 is 0 Å². The molecule has 6 heteroatoms. The first kappa shape index (κ1) is 20.1. The molecule has 3 rings (SSSR count). The fourth-order valence-electron chi connectivity index (χ4n) is 3.35. The van der Waals surface area contributed by atoms with Gasteiger partial charge in [-0.25, -0.2) is 4.39 Å². The van der Waals surface area contributed by atoms with Crippen molar-refractivity contribution in [3.63, 3.8) is 0 Å². The van der Waals surface area contributed by atoms with E-state index in [1.807, 2.05) is 17.0 Å². The van der Waals surface area contributed by atoms with Crippen LogP contribution in [0.2, 0.25) is 0 Å². The van der Waals surface area contributed by atoms with Gasteiger partial charge in [0.1, 0.15) is 11.6 Å². The summed E-state index contributed by atoms with van der Waals surface area (Å²) in [6.07, 6.45) is 0.944. The summed E-state index contributed by atoms with van der Waals surface area (Å²) in [7, 11) is 1.62. The van der Waals surface area contributed by atoms with E-state index in [0.717, 1.165) is 36.5 Å². The summed E-state index contributed by atoms with van der Waals surface area (Å²) in [5.74, 6) is 0.503. The zero-order valence-electron chi connectivity index (χ0n) is 16.5. The molecule has 1 aliphatic heterocycles. The number of carbonyl (C=O) groups excluding carboxylic acids is 1. The molecule has 28 heavy (non-hydrogen) atoms. The average molecular weight is 386 g/mol. The Labute approximate surface area is 165 Å². The van der Waals surface area contributed by atoms with Crippen molar-refractivity contribution < 1.29 is 18.7 Å². The SMILES string of the molecule is CCCOCc1cc(C(=O)N2CCN(c3ccc(F)cc3)CC2)ccc1OC. The molecule has 0 unspecified atom stereocenters. The molecule has 0 radical (unpaired) electrons. The number of hydrogen-bond acceptors (Lipinski definition) is 4. The van der Waals surface area contributed by atoms with E-state index in [4.69, 9.17) is 9.47 Å². The quantitative estimate of drug-likeness (QED) is 0.680. The summed E-state index contributed by atoms with van der Waals surface area (Å²) in [6.45, 7) is 5.86. The number of halogens is 1. The zero-order valence-corrected chi connectivity index (χ0v) is 16.5. The highest BCUT2D eigenvalue weighted by molar-refractivity contribution is 5.94. The molecule has 150 valence electrons. The number of nitrogens with zero attached hydrogens (tertiary/aromatic N) is 2. The van der Waals surface area contributed by atoms with Crippen molar-refractivity contribution in [3.05, 3.63) is 59.4 Å². The normalized spacial score (nSPS) is 14.2. The van der Waals surface area contributed by atoms with Crippen molar-refractivity contribution >= 4 is 11.6 Å². The third kappa shape index (κ3) is 4.81. The highest BCUT2D eigenvalue weighted by Gasteiger charge is 2.23. The van der Waals surface area contributed by atoms with Gasteiger partial charge in [0.25, 0.3) is 5.91 Å². The van der Waals surface area contributed by atoms with Crippen molar-refractivity contribution in [3.8, 4) is 5.75 Å². The summed E-state index contributed by atoms with van der Waals surface area (Å²) < 4.78 is 24.1. The maximum Gasteiger partial charge on any atom is 0.253 e. The lowest BCUT2D eigenvalue weighted by atomic mass is 10.1. The highest BCUT2D eigenvalue weighted by atomic mass is 19.1. The Hall–Kier alpha value is -2.60. The van der Waals surface area contributed by atoms with E-state index < -0.39 is 0 Å². The molecule has 5 nitrogen and oxygen atoms in total. The molecule has 2 aromatic rings. The van der Waals surface area contributed by atoms with E-state index in [1.165, 1.54) is 12.1 Å². The molecule has 0 saturated carbocycles. The Balaban J connectivity index is 1.64. The number of amides is 1. The minimum atomic E-state index is -0.240. The van der Waals surface area contributed by atoms with Crippen LogP contribution >= 0.6 is 0 Å². The van der Waals surface area contributed by atoms with Crippen LogP contribution in [0, 0.1) is 5.82 Å². The summed E-state index contributed by atoms with van der Waals surface area (Å²) in [5.41, 5.74) is 2.51. The molecule has 0 aliphatic carbocycles. The fourth-order valence-corrected chi connectivity index (χ4v) is 3.35. The maximum atomic E-state index is 13.1. The van der Waals surface area contributed by atoms with Crippen molar-refractivity contribution in [2.45, 2.75) is 20.0 Å². The first-order valence-electron chi connectivity index (χ1n) is 9.67. The molecule has 0 aromatic heterocycles. The summed E-state index contributed by atoms with van der Waals surface area (Å²) in [6, 6.07) is 12.0. The largest absolute Gasteiger partial charge is 0.496 e. The zero-order chi connectivity index (χ0) is 19.9. The first-order valence-corrected chi connectivity index (χ1v) is 9.67.